The largest absolute Gasteiger partial charge is 0.497 e. The van der Waals surface area contributed by atoms with Crippen LogP contribution < -0.4 is 9.64 Å². The van der Waals surface area contributed by atoms with Crippen molar-refractivity contribution >= 4 is 16.6 Å². The molecular formula is C20H19N3O. The molecule has 0 aliphatic carbocycles. The van der Waals surface area contributed by atoms with E-state index in [1.807, 2.05) is 24.4 Å². The number of methoxy groups -OCH3 is 1. The van der Waals surface area contributed by atoms with Crippen molar-refractivity contribution in [3.05, 3.63) is 59.8 Å². The van der Waals surface area contributed by atoms with Gasteiger partial charge in [0.15, 0.2) is 0 Å². The van der Waals surface area contributed by atoms with E-state index in [4.69, 9.17) is 4.74 Å². The summed E-state index contributed by atoms with van der Waals surface area (Å²) in [6.45, 7) is 2.97. The molecule has 0 fully saturated rings. The van der Waals surface area contributed by atoms with Gasteiger partial charge in [-0.1, -0.05) is 12.1 Å². The van der Waals surface area contributed by atoms with E-state index in [1.54, 1.807) is 7.11 Å². The molecule has 2 unspecified atom stereocenters. The Morgan fingerprint density at radius 3 is 2.83 bits per heavy atom. The first-order valence-corrected chi connectivity index (χ1v) is 8.18. The van der Waals surface area contributed by atoms with Gasteiger partial charge < -0.3 is 14.6 Å². The summed E-state index contributed by atoms with van der Waals surface area (Å²) >= 11 is 0. The van der Waals surface area contributed by atoms with Crippen LogP contribution in [0.25, 0.3) is 10.9 Å². The lowest BCUT2D eigenvalue weighted by Crippen LogP contribution is -2.26. The van der Waals surface area contributed by atoms with Crippen LogP contribution in [0.3, 0.4) is 0 Å². The molecule has 1 N–H and O–H groups in total. The molecule has 0 amide bonds. The second kappa shape index (κ2) is 5.61. The summed E-state index contributed by atoms with van der Waals surface area (Å²) in [4.78, 5) is 5.53. The quantitative estimate of drug-likeness (QED) is 0.780. The minimum absolute atomic E-state index is 0.0291. The zero-order valence-corrected chi connectivity index (χ0v) is 13.8. The van der Waals surface area contributed by atoms with Gasteiger partial charge in [-0.15, -0.1) is 0 Å². The van der Waals surface area contributed by atoms with Crippen LogP contribution in [0, 0.1) is 11.3 Å². The maximum atomic E-state index is 9.84. The molecule has 1 aliphatic rings. The Kier molecular flexibility index (Phi) is 3.42. The number of fused-ring (bicyclic) bond motifs is 2. The average Bonchev–Trinajstić information content (AvgIpc) is 3.21. The smallest absolute Gasteiger partial charge is 0.120 e. The summed E-state index contributed by atoms with van der Waals surface area (Å²) in [7, 11) is 1.67. The van der Waals surface area contributed by atoms with Crippen molar-refractivity contribution in [1.29, 1.82) is 5.26 Å². The van der Waals surface area contributed by atoms with Crippen molar-refractivity contribution in [2.45, 2.75) is 18.9 Å². The number of aromatic nitrogens is 1. The first-order chi connectivity index (χ1) is 11.8. The SMILES string of the molecule is CCN1c2cc(OC)ccc2C(C#N)C1c1ccc2[nH]ccc2c1. The molecule has 24 heavy (non-hydrogen) atoms. The fourth-order valence-corrected chi connectivity index (χ4v) is 3.80. The van der Waals surface area contributed by atoms with Gasteiger partial charge in [-0.25, -0.2) is 0 Å². The number of ether oxygens (including phenoxy) is 1. The van der Waals surface area contributed by atoms with E-state index in [0.29, 0.717) is 0 Å². The van der Waals surface area contributed by atoms with Gasteiger partial charge in [0, 0.05) is 30.0 Å². The van der Waals surface area contributed by atoms with Crippen LogP contribution in [0.15, 0.2) is 48.7 Å². The minimum atomic E-state index is -0.178. The van der Waals surface area contributed by atoms with Gasteiger partial charge in [-0.2, -0.15) is 5.26 Å². The molecule has 4 nitrogen and oxygen atoms in total. The van der Waals surface area contributed by atoms with Gasteiger partial charge in [0.2, 0.25) is 0 Å². The molecular weight excluding hydrogens is 298 g/mol. The number of anilines is 1. The monoisotopic (exact) mass is 317 g/mol. The molecule has 120 valence electrons. The van der Waals surface area contributed by atoms with Crippen molar-refractivity contribution in [3.63, 3.8) is 0 Å². The molecule has 1 aromatic heterocycles. The number of nitriles is 1. The molecule has 2 aromatic carbocycles. The Hall–Kier alpha value is -2.93. The highest BCUT2D eigenvalue weighted by molar-refractivity contribution is 5.80. The lowest BCUT2D eigenvalue weighted by atomic mass is 9.91. The first kappa shape index (κ1) is 14.6. The highest BCUT2D eigenvalue weighted by Crippen LogP contribution is 2.49. The molecule has 2 heterocycles. The lowest BCUT2D eigenvalue weighted by Gasteiger charge is -2.28. The average molecular weight is 317 g/mol. The summed E-state index contributed by atoms with van der Waals surface area (Å²) in [6, 6.07) is 17.0. The Labute approximate surface area is 141 Å². The normalized spacial score (nSPS) is 19.3. The van der Waals surface area contributed by atoms with Gasteiger partial charge in [-0.3, -0.25) is 0 Å². The Balaban J connectivity index is 1.86. The van der Waals surface area contributed by atoms with E-state index < -0.39 is 0 Å². The fraction of sp³-hybridized carbons (Fsp3) is 0.250. The van der Waals surface area contributed by atoms with Gasteiger partial charge in [-0.05, 0) is 47.7 Å². The molecule has 0 saturated heterocycles. The maximum absolute atomic E-state index is 9.84. The Bertz CT molecular complexity index is 937. The number of benzene rings is 2. The van der Waals surface area contributed by atoms with Gasteiger partial charge >= 0.3 is 0 Å². The van der Waals surface area contributed by atoms with Crippen LogP contribution in [-0.4, -0.2) is 18.6 Å². The van der Waals surface area contributed by atoms with Crippen molar-refractivity contribution in [1.82, 2.24) is 4.98 Å². The molecule has 0 bridgehead atoms. The van der Waals surface area contributed by atoms with Gasteiger partial charge in [0.1, 0.15) is 5.75 Å². The summed E-state index contributed by atoms with van der Waals surface area (Å²) in [5, 5.41) is 11.0. The van der Waals surface area contributed by atoms with Crippen LogP contribution in [0.4, 0.5) is 5.69 Å². The van der Waals surface area contributed by atoms with E-state index in [2.05, 4.69) is 47.1 Å². The minimum Gasteiger partial charge on any atom is -0.497 e. The first-order valence-electron chi connectivity index (χ1n) is 8.18. The van der Waals surface area contributed by atoms with Crippen molar-refractivity contribution in [2.24, 2.45) is 0 Å². The number of likely N-dealkylation sites (N-methyl/N-ethyl adjacent to an activating group) is 1. The topological polar surface area (TPSA) is 52.0 Å². The number of nitrogens with zero attached hydrogens (tertiary/aromatic N) is 2. The Morgan fingerprint density at radius 1 is 1.21 bits per heavy atom. The standard InChI is InChI=1S/C20H19N3O/c1-3-23-19-11-15(24-2)5-6-16(19)17(12-21)20(23)14-4-7-18-13(10-14)8-9-22-18/h4-11,17,20,22H,3H2,1-2H3. The number of H-pyrrole nitrogens is 1. The second-order valence-corrected chi connectivity index (χ2v) is 6.09. The molecule has 0 saturated carbocycles. The van der Waals surface area contributed by atoms with Crippen LogP contribution in [0.2, 0.25) is 0 Å². The number of aromatic amines is 1. The second-order valence-electron chi connectivity index (χ2n) is 6.09. The predicted molar refractivity (Wildman–Crippen MR) is 95.4 cm³/mol. The number of hydrogen-bond donors (Lipinski definition) is 1. The molecule has 1 aliphatic heterocycles. The highest BCUT2D eigenvalue weighted by Gasteiger charge is 2.39. The van der Waals surface area contributed by atoms with Gasteiger partial charge in [0.05, 0.1) is 25.1 Å². The van der Waals surface area contributed by atoms with E-state index in [1.165, 1.54) is 10.9 Å². The third kappa shape index (κ3) is 2.05. The molecule has 0 spiro atoms. The zero-order chi connectivity index (χ0) is 16.7. The number of rotatable bonds is 3. The van der Waals surface area contributed by atoms with E-state index >= 15 is 0 Å². The number of hydrogen-bond acceptors (Lipinski definition) is 3. The third-order valence-electron chi connectivity index (χ3n) is 4.93. The molecule has 4 rings (SSSR count). The van der Waals surface area contributed by atoms with Crippen LogP contribution >= 0.6 is 0 Å². The lowest BCUT2D eigenvalue weighted by molar-refractivity contribution is 0.415. The van der Waals surface area contributed by atoms with Crippen molar-refractivity contribution < 1.29 is 4.74 Å². The summed E-state index contributed by atoms with van der Waals surface area (Å²) in [5.41, 5.74) is 4.47. The van der Waals surface area contributed by atoms with E-state index in [-0.39, 0.29) is 12.0 Å². The van der Waals surface area contributed by atoms with Crippen molar-refractivity contribution in [2.75, 3.05) is 18.6 Å². The van der Waals surface area contributed by atoms with Crippen LogP contribution in [0.5, 0.6) is 5.75 Å². The highest BCUT2D eigenvalue weighted by atomic mass is 16.5. The van der Waals surface area contributed by atoms with Crippen LogP contribution in [0.1, 0.15) is 30.0 Å². The zero-order valence-electron chi connectivity index (χ0n) is 13.8. The van der Waals surface area contributed by atoms with E-state index in [9.17, 15) is 5.26 Å². The molecule has 3 aromatic rings. The van der Waals surface area contributed by atoms with Gasteiger partial charge in [0.25, 0.3) is 0 Å². The molecule has 4 heteroatoms. The van der Waals surface area contributed by atoms with Crippen LogP contribution in [-0.2, 0) is 0 Å². The summed E-state index contributed by atoms with van der Waals surface area (Å²) in [6.07, 6.45) is 1.95. The third-order valence-corrected chi connectivity index (χ3v) is 4.93. The Morgan fingerprint density at radius 2 is 2.08 bits per heavy atom. The summed E-state index contributed by atoms with van der Waals surface area (Å²) in [5.74, 6) is 0.646. The summed E-state index contributed by atoms with van der Waals surface area (Å²) < 4.78 is 5.38. The predicted octanol–water partition coefficient (Wildman–Crippen LogP) is 4.36. The van der Waals surface area contributed by atoms with Crippen molar-refractivity contribution in [3.8, 4) is 11.8 Å². The van der Waals surface area contributed by atoms with E-state index in [0.717, 1.165) is 29.1 Å². The number of nitrogens with one attached hydrogen (secondary N) is 1. The maximum Gasteiger partial charge on any atom is 0.120 e. The molecule has 2 atom stereocenters. The fourth-order valence-electron chi connectivity index (χ4n) is 3.80. The molecule has 0 radical (unpaired) electrons.